The van der Waals surface area contributed by atoms with Crippen LogP contribution in [-0.4, -0.2) is 0 Å². The third-order valence-electron chi connectivity index (χ3n) is 1.82. The summed E-state index contributed by atoms with van der Waals surface area (Å²) in [5.41, 5.74) is 6.55. The maximum atomic E-state index is 3.84. The van der Waals surface area contributed by atoms with Crippen LogP contribution in [0, 0.1) is 0 Å². The Bertz CT molecular complexity index is 228. The zero-order valence-corrected chi connectivity index (χ0v) is 7.52. The van der Waals surface area contributed by atoms with E-state index in [2.05, 4.69) is 50.8 Å². The van der Waals surface area contributed by atoms with Gasteiger partial charge in [-0.2, -0.15) is 0 Å². The summed E-state index contributed by atoms with van der Waals surface area (Å²) in [6.45, 7) is 6.64. The Balaban J connectivity index is 2.99. The molecule has 0 aliphatic rings. The van der Waals surface area contributed by atoms with Crippen LogP contribution < -0.4 is 5.73 Å². The second kappa shape index (κ2) is 2.67. The van der Waals surface area contributed by atoms with E-state index in [1.165, 1.54) is 5.56 Å². The van der Waals surface area contributed by atoms with Crippen LogP contribution in [0.3, 0.4) is 0 Å². The Kier molecular flexibility index (Phi) is 2.01. The molecule has 0 fully saturated rings. The van der Waals surface area contributed by atoms with Gasteiger partial charge in [0.15, 0.2) is 0 Å². The first-order chi connectivity index (χ1) is 5.00. The first-order valence-corrected chi connectivity index (χ1v) is 3.92. The summed E-state index contributed by atoms with van der Waals surface area (Å²) >= 11 is 0. The number of rotatable bonds is 0. The van der Waals surface area contributed by atoms with Gasteiger partial charge in [-0.15, -0.1) is 0 Å². The Hall–Kier alpha value is -0.820. The monoisotopic (exact) mass is 150 g/mol. The predicted molar refractivity (Wildman–Crippen MR) is 47.7 cm³/mol. The molecule has 60 valence electrons. The van der Waals surface area contributed by atoms with Gasteiger partial charge < -0.3 is 5.73 Å². The van der Waals surface area contributed by atoms with Crippen LogP contribution in [0.1, 0.15) is 26.3 Å². The molecule has 0 aromatic heterocycles. The van der Waals surface area contributed by atoms with Crippen LogP contribution >= 0.6 is 0 Å². The van der Waals surface area contributed by atoms with E-state index in [1.54, 1.807) is 0 Å². The second-order valence-corrected chi connectivity index (χ2v) is 3.95. The summed E-state index contributed by atoms with van der Waals surface area (Å²) in [5, 5.41) is 0. The zero-order valence-electron chi connectivity index (χ0n) is 7.52. The molecule has 0 saturated carbocycles. The average molecular weight is 150 g/mol. The minimum Gasteiger partial charge on any atom is -0.325 e. The molecule has 0 saturated heterocycles. The fourth-order valence-electron chi connectivity index (χ4n) is 1.00. The summed E-state index contributed by atoms with van der Waals surface area (Å²) in [6, 6.07) is 8.39. The maximum absolute atomic E-state index is 3.84. The Labute approximate surface area is 68.2 Å². The standard InChI is InChI=1S/C10H15N/c1-10(2,3)8-4-6-9(11)7-5-8/h4-7H,11H2,1-3H3/p+1. The van der Waals surface area contributed by atoms with Crippen molar-refractivity contribution >= 4 is 5.69 Å². The van der Waals surface area contributed by atoms with Gasteiger partial charge in [0, 0.05) is 0 Å². The van der Waals surface area contributed by atoms with Gasteiger partial charge in [-0.05, 0) is 23.1 Å². The van der Waals surface area contributed by atoms with Crippen molar-refractivity contribution in [3.63, 3.8) is 0 Å². The van der Waals surface area contributed by atoms with Gasteiger partial charge in [0.2, 0.25) is 0 Å². The predicted octanol–water partition coefficient (Wildman–Crippen LogP) is 1.86. The van der Waals surface area contributed by atoms with Gasteiger partial charge in [0.05, 0.1) is 0 Å². The van der Waals surface area contributed by atoms with Gasteiger partial charge in [0.1, 0.15) is 5.69 Å². The molecular weight excluding hydrogens is 134 g/mol. The van der Waals surface area contributed by atoms with Crippen molar-refractivity contribution in [2.45, 2.75) is 26.2 Å². The lowest BCUT2D eigenvalue weighted by Gasteiger charge is -2.18. The molecule has 1 aromatic rings. The van der Waals surface area contributed by atoms with Crippen molar-refractivity contribution in [3.05, 3.63) is 29.8 Å². The molecule has 1 nitrogen and oxygen atoms in total. The third kappa shape index (κ3) is 2.05. The molecule has 11 heavy (non-hydrogen) atoms. The van der Waals surface area contributed by atoms with Crippen LogP contribution in [0.4, 0.5) is 5.69 Å². The van der Waals surface area contributed by atoms with Crippen molar-refractivity contribution in [1.29, 1.82) is 0 Å². The Morgan fingerprint density at radius 3 is 1.82 bits per heavy atom. The summed E-state index contributed by atoms with van der Waals surface area (Å²) in [7, 11) is 0. The number of benzene rings is 1. The smallest absolute Gasteiger partial charge is 0.127 e. The maximum Gasteiger partial charge on any atom is 0.127 e. The van der Waals surface area contributed by atoms with Crippen LogP contribution in [0.25, 0.3) is 0 Å². The van der Waals surface area contributed by atoms with Crippen molar-refractivity contribution in [1.82, 2.24) is 0 Å². The minimum atomic E-state index is 0.258. The van der Waals surface area contributed by atoms with Crippen molar-refractivity contribution in [2.24, 2.45) is 0 Å². The van der Waals surface area contributed by atoms with E-state index in [9.17, 15) is 0 Å². The molecule has 0 unspecified atom stereocenters. The van der Waals surface area contributed by atoms with E-state index in [0.29, 0.717) is 0 Å². The molecule has 3 N–H and O–H groups in total. The van der Waals surface area contributed by atoms with E-state index in [4.69, 9.17) is 0 Å². The summed E-state index contributed by atoms with van der Waals surface area (Å²) in [5.74, 6) is 0. The third-order valence-corrected chi connectivity index (χ3v) is 1.82. The number of hydrogen-bond donors (Lipinski definition) is 1. The van der Waals surface area contributed by atoms with Gasteiger partial charge in [-0.3, -0.25) is 0 Å². The van der Waals surface area contributed by atoms with Crippen LogP contribution in [0.2, 0.25) is 0 Å². The first-order valence-electron chi connectivity index (χ1n) is 3.92. The van der Waals surface area contributed by atoms with E-state index in [1.807, 2.05) is 0 Å². The zero-order chi connectivity index (χ0) is 8.48. The van der Waals surface area contributed by atoms with E-state index < -0.39 is 0 Å². The average Bonchev–Trinajstić information content (AvgIpc) is 1.86. The molecule has 0 aliphatic heterocycles. The number of quaternary nitrogens is 1. The summed E-state index contributed by atoms with van der Waals surface area (Å²) < 4.78 is 0. The molecule has 0 radical (unpaired) electrons. The van der Waals surface area contributed by atoms with Gasteiger partial charge in [-0.25, -0.2) is 0 Å². The second-order valence-electron chi connectivity index (χ2n) is 3.95. The van der Waals surface area contributed by atoms with Crippen LogP contribution in [0.5, 0.6) is 0 Å². The van der Waals surface area contributed by atoms with E-state index >= 15 is 0 Å². The quantitative estimate of drug-likeness (QED) is 0.584. The lowest BCUT2D eigenvalue weighted by molar-refractivity contribution is -0.254. The van der Waals surface area contributed by atoms with E-state index in [0.717, 1.165) is 5.69 Å². The first kappa shape index (κ1) is 8.28. The summed E-state index contributed by atoms with van der Waals surface area (Å²) in [6.07, 6.45) is 0. The SMILES string of the molecule is CC(C)(C)c1ccc([NH3+])cc1. The fourth-order valence-corrected chi connectivity index (χ4v) is 1.00. The molecule has 0 atom stereocenters. The highest BCUT2D eigenvalue weighted by atomic mass is 14.5. The van der Waals surface area contributed by atoms with Gasteiger partial charge in [0.25, 0.3) is 0 Å². The lowest BCUT2D eigenvalue weighted by Crippen LogP contribution is -2.40. The van der Waals surface area contributed by atoms with Crippen molar-refractivity contribution < 1.29 is 5.73 Å². The largest absolute Gasteiger partial charge is 0.325 e. The molecule has 0 amide bonds. The molecule has 1 aromatic carbocycles. The summed E-state index contributed by atoms with van der Waals surface area (Å²) in [4.78, 5) is 0. The fraction of sp³-hybridized carbons (Fsp3) is 0.400. The number of hydrogen-bond acceptors (Lipinski definition) is 0. The highest BCUT2D eigenvalue weighted by Gasteiger charge is 2.12. The molecule has 0 spiro atoms. The molecule has 0 bridgehead atoms. The minimum absolute atomic E-state index is 0.258. The topological polar surface area (TPSA) is 27.6 Å². The highest BCUT2D eigenvalue weighted by molar-refractivity contribution is 5.34. The molecule has 1 heteroatoms. The van der Waals surface area contributed by atoms with Crippen molar-refractivity contribution in [2.75, 3.05) is 0 Å². The molecular formula is C10H16N+. The molecule has 0 aliphatic carbocycles. The highest BCUT2D eigenvalue weighted by Crippen LogP contribution is 2.21. The van der Waals surface area contributed by atoms with E-state index in [-0.39, 0.29) is 5.41 Å². The molecule has 0 heterocycles. The lowest BCUT2D eigenvalue weighted by atomic mass is 9.87. The van der Waals surface area contributed by atoms with Crippen LogP contribution in [-0.2, 0) is 5.41 Å². The van der Waals surface area contributed by atoms with Crippen LogP contribution in [0.15, 0.2) is 24.3 Å². The normalized spacial score (nSPS) is 11.6. The van der Waals surface area contributed by atoms with Gasteiger partial charge >= 0.3 is 0 Å². The Morgan fingerprint density at radius 1 is 1.00 bits per heavy atom. The molecule has 1 rings (SSSR count). The van der Waals surface area contributed by atoms with Crippen molar-refractivity contribution in [3.8, 4) is 0 Å². The van der Waals surface area contributed by atoms with Gasteiger partial charge in [-0.1, -0.05) is 32.9 Å². The Morgan fingerprint density at radius 2 is 1.45 bits per heavy atom.